The third-order valence-electron chi connectivity index (χ3n) is 2.92. The molecule has 0 aliphatic carbocycles. The highest BCUT2D eigenvalue weighted by atomic mass is 32.2. The van der Waals surface area contributed by atoms with Gasteiger partial charge in [-0.2, -0.15) is 0 Å². The van der Waals surface area contributed by atoms with E-state index < -0.39 is 27.5 Å². The second-order valence-electron chi connectivity index (χ2n) is 4.59. The molecule has 0 atom stereocenters. The van der Waals surface area contributed by atoms with E-state index in [1.54, 1.807) is 6.92 Å². The number of hydrogen-bond donors (Lipinski definition) is 2. The second kappa shape index (κ2) is 7.21. The Hall–Kier alpha value is -1.89. The minimum atomic E-state index is -3.86. The number of carbonyl (C=O) groups is 2. The number of amides is 1. The Labute approximate surface area is 124 Å². The number of carboxylic acid groups (broad SMARTS) is 1. The van der Waals surface area contributed by atoms with Gasteiger partial charge in [-0.15, -0.1) is 0 Å². The summed E-state index contributed by atoms with van der Waals surface area (Å²) >= 11 is 0. The zero-order valence-corrected chi connectivity index (χ0v) is 12.9. The van der Waals surface area contributed by atoms with Crippen LogP contribution in [0.25, 0.3) is 0 Å². The lowest BCUT2D eigenvalue weighted by Crippen LogP contribution is -2.31. The fourth-order valence-electron chi connectivity index (χ4n) is 1.83. The van der Waals surface area contributed by atoms with Crippen molar-refractivity contribution in [1.82, 2.24) is 5.32 Å². The van der Waals surface area contributed by atoms with Gasteiger partial charge in [-0.25, -0.2) is 13.2 Å². The molecule has 0 fully saturated rings. The maximum Gasteiger partial charge on any atom is 0.335 e. The molecular weight excluding hydrogens is 294 g/mol. The number of sulfone groups is 1. The van der Waals surface area contributed by atoms with Gasteiger partial charge in [0.05, 0.1) is 10.5 Å². The molecule has 0 saturated heterocycles. The first-order valence-electron chi connectivity index (χ1n) is 6.67. The van der Waals surface area contributed by atoms with Gasteiger partial charge in [0.1, 0.15) is 5.75 Å². The monoisotopic (exact) mass is 313 g/mol. The Balaban J connectivity index is 3.14. The van der Waals surface area contributed by atoms with Gasteiger partial charge in [-0.3, -0.25) is 4.79 Å². The van der Waals surface area contributed by atoms with Crippen LogP contribution >= 0.6 is 0 Å². The van der Waals surface area contributed by atoms with Crippen molar-refractivity contribution in [2.24, 2.45) is 0 Å². The Kier molecular flexibility index (Phi) is 5.90. The van der Waals surface area contributed by atoms with E-state index in [4.69, 9.17) is 5.11 Å². The van der Waals surface area contributed by atoms with Crippen LogP contribution in [-0.2, 0) is 21.1 Å². The maximum absolute atomic E-state index is 12.3. The fourth-order valence-corrected chi connectivity index (χ4v) is 3.36. The summed E-state index contributed by atoms with van der Waals surface area (Å²) < 4.78 is 24.6. The minimum Gasteiger partial charge on any atom is -0.478 e. The molecule has 2 N–H and O–H groups in total. The molecule has 0 spiro atoms. The molecule has 0 saturated carbocycles. The lowest BCUT2D eigenvalue weighted by Gasteiger charge is -2.10. The van der Waals surface area contributed by atoms with Crippen molar-refractivity contribution >= 4 is 21.7 Å². The normalized spacial score (nSPS) is 11.1. The molecule has 7 heteroatoms. The van der Waals surface area contributed by atoms with Crippen LogP contribution in [0, 0.1) is 0 Å². The topological polar surface area (TPSA) is 101 Å². The van der Waals surface area contributed by atoms with Crippen LogP contribution in [0.1, 0.15) is 36.2 Å². The quantitative estimate of drug-likeness (QED) is 0.789. The van der Waals surface area contributed by atoms with E-state index in [2.05, 4.69) is 5.32 Å². The molecule has 0 bridgehead atoms. The van der Waals surface area contributed by atoms with Crippen molar-refractivity contribution in [2.75, 3.05) is 12.3 Å². The van der Waals surface area contributed by atoms with Crippen LogP contribution in [0.2, 0.25) is 0 Å². The van der Waals surface area contributed by atoms with E-state index in [-0.39, 0.29) is 10.5 Å². The van der Waals surface area contributed by atoms with E-state index in [0.29, 0.717) is 24.9 Å². The van der Waals surface area contributed by atoms with E-state index in [1.807, 2.05) is 6.92 Å². The van der Waals surface area contributed by atoms with Gasteiger partial charge < -0.3 is 10.4 Å². The third-order valence-corrected chi connectivity index (χ3v) is 4.62. The molecule has 0 unspecified atom stereocenters. The summed E-state index contributed by atoms with van der Waals surface area (Å²) in [5.74, 6) is -2.47. The van der Waals surface area contributed by atoms with E-state index in [0.717, 1.165) is 6.07 Å². The van der Waals surface area contributed by atoms with Gasteiger partial charge in [0, 0.05) is 6.54 Å². The van der Waals surface area contributed by atoms with Crippen molar-refractivity contribution in [3.8, 4) is 0 Å². The summed E-state index contributed by atoms with van der Waals surface area (Å²) in [6.45, 7) is 4.04. The molecule has 0 aromatic heterocycles. The predicted molar refractivity (Wildman–Crippen MR) is 78.1 cm³/mol. The zero-order chi connectivity index (χ0) is 16.0. The lowest BCUT2D eigenvalue weighted by atomic mass is 10.1. The van der Waals surface area contributed by atoms with Gasteiger partial charge in [0.2, 0.25) is 5.91 Å². The van der Waals surface area contributed by atoms with Gasteiger partial charge in [-0.05, 0) is 30.5 Å². The van der Waals surface area contributed by atoms with Crippen molar-refractivity contribution in [3.63, 3.8) is 0 Å². The van der Waals surface area contributed by atoms with Crippen molar-refractivity contribution in [2.45, 2.75) is 31.6 Å². The van der Waals surface area contributed by atoms with Gasteiger partial charge in [-0.1, -0.05) is 19.9 Å². The van der Waals surface area contributed by atoms with Crippen molar-refractivity contribution < 1.29 is 23.1 Å². The highest BCUT2D eigenvalue weighted by Gasteiger charge is 2.23. The number of hydrogen-bond acceptors (Lipinski definition) is 4. The number of aryl methyl sites for hydroxylation is 1. The smallest absolute Gasteiger partial charge is 0.335 e. The standard InChI is InChI=1S/C14H19NO5S/c1-3-7-15-13(16)9-21(19,20)12-8-11(14(17)18)6-5-10(12)4-2/h5-6,8H,3-4,7,9H2,1-2H3,(H,15,16)(H,17,18). The van der Waals surface area contributed by atoms with E-state index in [9.17, 15) is 18.0 Å². The number of carbonyl (C=O) groups excluding carboxylic acids is 1. The zero-order valence-electron chi connectivity index (χ0n) is 12.0. The number of aromatic carboxylic acids is 1. The SMILES string of the molecule is CCCNC(=O)CS(=O)(=O)c1cc(C(=O)O)ccc1CC. The summed E-state index contributed by atoms with van der Waals surface area (Å²) in [5.41, 5.74) is 0.392. The Bertz CT molecular complexity index is 637. The first kappa shape index (κ1) is 17.2. The maximum atomic E-state index is 12.3. The fraction of sp³-hybridized carbons (Fsp3) is 0.429. The van der Waals surface area contributed by atoms with Crippen molar-refractivity contribution in [3.05, 3.63) is 29.3 Å². The number of rotatable bonds is 7. The Morgan fingerprint density at radius 3 is 2.43 bits per heavy atom. The van der Waals surface area contributed by atoms with E-state index >= 15 is 0 Å². The molecule has 1 aromatic carbocycles. The summed E-state index contributed by atoms with van der Waals surface area (Å²) in [7, 11) is -3.86. The second-order valence-corrected chi connectivity index (χ2v) is 6.55. The van der Waals surface area contributed by atoms with Crippen molar-refractivity contribution in [1.29, 1.82) is 0 Å². The minimum absolute atomic E-state index is 0.0865. The van der Waals surface area contributed by atoms with Crippen LogP contribution in [0.4, 0.5) is 0 Å². The van der Waals surface area contributed by atoms with Crippen LogP contribution in [0.15, 0.2) is 23.1 Å². The van der Waals surface area contributed by atoms with Crippen LogP contribution in [-0.4, -0.2) is 37.7 Å². The van der Waals surface area contributed by atoms with Crippen LogP contribution < -0.4 is 5.32 Å². The summed E-state index contributed by atoms with van der Waals surface area (Å²) in [5, 5.41) is 11.5. The largest absolute Gasteiger partial charge is 0.478 e. The lowest BCUT2D eigenvalue weighted by molar-refractivity contribution is -0.118. The molecule has 6 nitrogen and oxygen atoms in total. The molecule has 1 amide bonds. The molecule has 0 radical (unpaired) electrons. The first-order valence-corrected chi connectivity index (χ1v) is 8.32. The molecule has 21 heavy (non-hydrogen) atoms. The first-order chi connectivity index (χ1) is 9.81. The molecule has 1 aromatic rings. The van der Waals surface area contributed by atoms with Crippen LogP contribution in [0.5, 0.6) is 0 Å². The molecule has 0 aliphatic rings. The third kappa shape index (κ3) is 4.56. The summed E-state index contributed by atoms with van der Waals surface area (Å²) in [6, 6.07) is 3.95. The predicted octanol–water partition coefficient (Wildman–Crippen LogP) is 1.25. The summed E-state index contributed by atoms with van der Waals surface area (Å²) in [4.78, 5) is 22.5. The summed E-state index contributed by atoms with van der Waals surface area (Å²) in [6.07, 6.45) is 1.14. The number of nitrogens with one attached hydrogen (secondary N) is 1. The number of benzene rings is 1. The highest BCUT2D eigenvalue weighted by Crippen LogP contribution is 2.20. The van der Waals surface area contributed by atoms with E-state index in [1.165, 1.54) is 12.1 Å². The molecule has 116 valence electrons. The van der Waals surface area contributed by atoms with Gasteiger partial charge in [0.15, 0.2) is 9.84 Å². The Morgan fingerprint density at radius 2 is 1.90 bits per heavy atom. The van der Waals surface area contributed by atoms with Gasteiger partial charge in [0.25, 0.3) is 0 Å². The Morgan fingerprint density at radius 1 is 1.24 bits per heavy atom. The highest BCUT2D eigenvalue weighted by molar-refractivity contribution is 7.92. The van der Waals surface area contributed by atoms with Crippen LogP contribution in [0.3, 0.4) is 0 Å². The average molecular weight is 313 g/mol. The average Bonchev–Trinajstić information content (AvgIpc) is 2.43. The molecule has 0 heterocycles. The molecular formula is C14H19NO5S. The van der Waals surface area contributed by atoms with Gasteiger partial charge >= 0.3 is 5.97 Å². The molecule has 0 aliphatic heterocycles. The number of carboxylic acids is 1. The molecule has 1 rings (SSSR count).